The molecule has 0 saturated carbocycles. The Morgan fingerprint density at radius 1 is 0.597 bits per heavy atom. The van der Waals surface area contributed by atoms with Crippen LogP contribution in [-0.2, 0) is 29.6 Å². The number of carbonyl (C=O) groups is 4. The van der Waals surface area contributed by atoms with E-state index in [9.17, 15) is 36.0 Å². The van der Waals surface area contributed by atoms with Crippen LogP contribution in [0.5, 0.6) is 0 Å². The number of piperidine rings is 2. The van der Waals surface area contributed by atoms with Crippen molar-refractivity contribution in [2.75, 3.05) is 62.2 Å². The van der Waals surface area contributed by atoms with E-state index in [0.717, 1.165) is 36.5 Å². The fraction of sp³-hybridized carbons (Fsp3) is 0.391. The van der Waals surface area contributed by atoms with Gasteiger partial charge in [0, 0.05) is 51.4 Å². The van der Waals surface area contributed by atoms with E-state index in [4.69, 9.17) is 5.73 Å². The van der Waals surface area contributed by atoms with Gasteiger partial charge in [-0.05, 0) is 109 Å². The molecule has 0 aliphatic carbocycles. The highest BCUT2D eigenvalue weighted by Crippen LogP contribution is 2.38. The highest BCUT2D eigenvalue weighted by Gasteiger charge is 2.37. The molecule has 2 atom stereocenters. The van der Waals surface area contributed by atoms with Crippen molar-refractivity contribution in [3.05, 3.63) is 129 Å². The van der Waals surface area contributed by atoms with Crippen molar-refractivity contribution in [3.63, 3.8) is 0 Å². The SMILES string of the molecule is Cc1ccc(C(=O)N2CCC(c3ccc(C(C(N)=O)C(C(=O)N(C)C)c4ccc(C5CCN(C(=O)c6ccc(C)c(NS(C)(=O)=O)c6)CC5)cc4)cc3)CC2)cc1NS(C)(=O)=O. The molecule has 4 aromatic carbocycles. The van der Waals surface area contributed by atoms with Crippen LogP contribution in [0.25, 0.3) is 0 Å². The minimum absolute atomic E-state index is 0.162. The van der Waals surface area contributed by atoms with Crippen molar-refractivity contribution in [1.29, 1.82) is 0 Å². The molecule has 4 aromatic rings. The van der Waals surface area contributed by atoms with Gasteiger partial charge in [0.2, 0.25) is 31.9 Å². The number of aryl methyl sites for hydroxylation is 2. The van der Waals surface area contributed by atoms with Gasteiger partial charge in [0.1, 0.15) is 0 Å². The first kappa shape index (κ1) is 45.8. The Labute approximate surface area is 365 Å². The minimum Gasteiger partial charge on any atom is -0.369 e. The van der Waals surface area contributed by atoms with Gasteiger partial charge in [-0.1, -0.05) is 60.7 Å². The van der Waals surface area contributed by atoms with E-state index in [0.29, 0.717) is 83.8 Å². The van der Waals surface area contributed by atoms with Crippen molar-refractivity contribution in [2.24, 2.45) is 5.73 Å². The predicted octanol–water partition coefficient (Wildman–Crippen LogP) is 5.53. The maximum absolute atomic E-state index is 13.9. The van der Waals surface area contributed by atoms with Crippen LogP contribution in [0.2, 0.25) is 0 Å². The molecule has 14 nitrogen and oxygen atoms in total. The maximum Gasteiger partial charge on any atom is 0.253 e. The van der Waals surface area contributed by atoms with Crippen molar-refractivity contribution < 1.29 is 36.0 Å². The average molecular weight is 885 g/mol. The highest BCUT2D eigenvalue weighted by atomic mass is 32.2. The quantitative estimate of drug-likeness (QED) is 0.156. The third kappa shape index (κ3) is 11.0. The van der Waals surface area contributed by atoms with Gasteiger partial charge in [-0.2, -0.15) is 0 Å². The number of hydrogen-bond acceptors (Lipinski definition) is 8. The molecule has 6 rings (SSSR count). The Morgan fingerprint density at radius 2 is 0.952 bits per heavy atom. The number of likely N-dealkylation sites (tertiary alicyclic amines) is 2. The third-order valence-electron chi connectivity index (χ3n) is 12.0. The van der Waals surface area contributed by atoms with Crippen molar-refractivity contribution >= 4 is 55.1 Å². The zero-order valence-corrected chi connectivity index (χ0v) is 37.7. The zero-order chi connectivity index (χ0) is 45.1. The first-order valence-electron chi connectivity index (χ1n) is 20.6. The summed E-state index contributed by atoms with van der Waals surface area (Å²) in [5, 5.41) is 0. The lowest BCUT2D eigenvalue weighted by atomic mass is 9.78. The van der Waals surface area contributed by atoms with Gasteiger partial charge >= 0.3 is 0 Å². The first-order chi connectivity index (χ1) is 29.2. The smallest absolute Gasteiger partial charge is 0.253 e. The Balaban J connectivity index is 1.11. The largest absolute Gasteiger partial charge is 0.369 e. The molecule has 62 heavy (non-hydrogen) atoms. The molecular formula is C46H56N6O8S2. The minimum atomic E-state index is -3.51. The number of likely N-dealkylation sites (N-methyl/N-ethyl adjacent to an activating group) is 1. The van der Waals surface area contributed by atoms with E-state index in [1.807, 2.05) is 48.5 Å². The number of amides is 4. The van der Waals surface area contributed by atoms with Crippen LogP contribution < -0.4 is 15.2 Å². The van der Waals surface area contributed by atoms with E-state index >= 15 is 0 Å². The average Bonchev–Trinajstić information content (AvgIpc) is 3.23. The van der Waals surface area contributed by atoms with E-state index in [-0.39, 0.29) is 29.6 Å². The van der Waals surface area contributed by atoms with Crippen LogP contribution in [0, 0.1) is 13.8 Å². The monoisotopic (exact) mass is 884 g/mol. The lowest BCUT2D eigenvalue weighted by molar-refractivity contribution is -0.133. The van der Waals surface area contributed by atoms with Crippen LogP contribution in [0.1, 0.15) is 103 Å². The normalized spacial score (nSPS) is 16.3. The number of nitrogens with one attached hydrogen (secondary N) is 2. The maximum atomic E-state index is 13.9. The van der Waals surface area contributed by atoms with Crippen LogP contribution in [-0.4, -0.2) is 108 Å². The molecule has 2 heterocycles. The summed E-state index contributed by atoms with van der Waals surface area (Å²) in [6, 6.07) is 25.4. The van der Waals surface area contributed by atoms with Gasteiger partial charge in [-0.3, -0.25) is 28.6 Å². The van der Waals surface area contributed by atoms with Crippen LogP contribution in [0.4, 0.5) is 11.4 Å². The lowest BCUT2D eigenvalue weighted by Gasteiger charge is -2.33. The second-order valence-electron chi connectivity index (χ2n) is 16.9. The molecule has 4 amide bonds. The van der Waals surface area contributed by atoms with Gasteiger partial charge in [0.25, 0.3) is 11.8 Å². The molecule has 2 aliphatic rings. The number of carbonyl (C=O) groups excluding carboxylic acids is 4. The number of anilines is 2. The number of benzene rings is 4. The fourth-order valence-corrected chi connectivity index (χ4v) is 9.79. The van der Waals surface area contributed by atoms with E-state index in [2.05, 4.69) is 9.44 Å². The second-order valence-corrected chi connectivity index (χ2v) is 20.4. The Kier molecular flexibility index (Phi) is 13.8. The Morgan fingerprint density at radius 3 is 1.27 bits per heavy atom. The van der Waals surface area contributed by atoms with E-state index in [1.165, 1.54) is 4.90 Å². The molecule has 2 unspecified atom stereocenters. The molecular weight excluding hydrogens is 829 g/mol. The lowest BCUT2D eigenvalue weighted by Crippen LogP contribution is -2.38. The molecule has 330 valence electrons. The number of rotatable bonds is 13. The second kappa shape index (κ2) is 18.7. The Bertz CT molecular complexity index is 2550. The van der Waals surface area contributed by atoms with Gasteiger partial charge in [-0.15, -0.1) is 0 Å². The highest BCUT2D eigenvalue weighted by molar-refractivity contribution is 7.92. The number of hydrogen-bond donors (Lipinski definition) is 3. The van der Waals surface area contributed by atoms with Crippen molar-refractivity contribution in [2.45, 2.75) is 63.2 Å². The summed E-state index contributed by atoms with van der Waals surface area (Å²) < 4.78 is 52.3. The van der Waals surface area contributed by atoms with Gasteiger partial charge in [0.05, 0.1) is 35.7 Å². The van der Waals surface area contributed by atoms with Crippen LogP contribution in [0.15, 0.2) is 84.9 Å². The molecule has 2 fully saturated rings. The Hall–Kier alpha value is -5.74. The van der Waals surface area contributed by atoms with Crippen LogP contribution in [0.3, 0.4) is 0 Å². The summed E-state index contributed by atoms with van der Waals surface area (Å²) in [5.74, 6) is -2.68. The molecule has 2 aliphatic heterocycles. The fourth-order valence-electron chi connectivity index (χ4n) is 8.55. The molecule has 0 radical (unpaired) electrons. The summed E-state index contributed by atoms with van der Waals surface area (Å²) in [4.78, 5) is 59.0. The molecule has 2 saturated heterocycles. The topological polar surface area (TPSA) is 196 Å². The summed E-state index contributed by atoms with van der Waals surface area (Å²) in [7, 11) is -3.70. The number of nitrogens with zero attached hydrogens (tertiary/aromatic N) is 3. The standard InChI is InChI=1S/C46H56N6O8S2/c1-29-7-9-37(27-39(29)48-61(5,57)58)44(54)51-23-19-33(20-24-51)31-11-15-35(16-12-31)41(43(47)53)42(46(56)50(3)4)36-17-13-32(14-18-36)34-21-25-52(26-22-34)45(55)38-10-8-30(2)40(28-38)49-62(6,59)60/h7-18,27-28,33-34,41-42,48-49H,19-26H2,1-6H3,(H2,47,53). The molecule has 0 spiro atoms. The number of primary amides is 1. The molecule has 4 N–H and O–H groups in total. The molecule has 0 aromatic heterocycles. The third-order valence-corrected chi connectivity index (χ3v) is 13.2. The zero-order valence-electron chi connectivity index (χ0n) is 36.1. The summed E-state index contributed by atoms with van der Waals surface area (Å²) in [6.45, 7) is 5.63. The molecule has 0 bridgehead atoms. The van der Waals surface area contributed by atoms with Crippen molar-refractivity contribution in [1.82, 2.24) is 14.7 Å². The van der Waals surface area contributed by atoms with Gasteiger partial charge < -0.3 is 20.4 Å². The molecule has 16 heteroatoms. The van der Waals surface area contributed by atoms with Crippen molar-refractivity contribution in [3.8, 4) is 0 Å². The van der Waals surface area contributed by atoms with E-state index < -0.39 is 37.8 Å². The van der Waals surface area contributed by atoms with E-state index in [1.54, 1.807) is 74.1 Å². The summed E-state index contributed by atoms with van der Waals surface area (Å²) in [5.41, 5.74) is 12.5. The van der Waals surface area contributed by atoms with Crippen LogP contribution >= 0.6 is 0 Å². The predicted molar refractivity (Wildman–Crippen MR) is 241 cm³/mol. The number of nitrogens with two attached hydrogens (primary N) is 1. The summed E-state index contributed by atoms with van der Waals surface area (Å²) >= 11 is 0. The summed E-state index contributed by atoms with van der Waals surface area (Å²) in [6.07, 6.45) is 5.01. The van der Waals surface area contributed by atoms with Gasteiger partial charge in [-0.25, -0.2) is 16.8 Å². The first-order valence-corrected chi connectivity index (χ1v) is 24.4. The van der Waals surface area contributed by atoms with Gasteiger partial charge in [0.15, 0.2) is 0 Å². The number of sulfonamides is 2.